The van der Waals surface area contributed by atoms with Crippen molar-refractivity contribution in [2.75, 3.05) is 0 Å². The summed E-state index contributed by atoms with van der Waals surface area (Å²) in [5.41, 5.74) is 1.22. The Bertz CT molecular complexity index is 138. The molecule has 0 atom stereocenters. The molecule has 0 heterocycles. The van der Waals surface area contributed by atoms with Crippen LogP contribution in [0.1, 0.15) is 26.7 Å². The SMILES string of the molecule is C=C/C(C)=C\C=C\CCC. The van der Waals surface area contributed by atoms with Crippen LogP contribution in [0.3, 0.4) is 0 Å². The van der Waals surface area contributed by atoms with Gasteiger partial charge in [-0.1, -0.05) is 49.8 Å². The van der Waals surface area contributed by atoms with E-state index in [4.69, 9.17) is 0 Å². The Balaban J connectivity index is 3.59. The van der Waals surface area contributed by atoms with Gasteiger partial charge in [0.1, 0.15) is 0 Å². The van der Waals surface area contributed by atoms with Gasteiger partial charge in [-0.05, 0) is 13.3 Å². The van der Waals surface area contributed by atoms with Gasteiger partial charge in [-0.25, -0.2) is 0 Å². The third-order valence-electron chi connectivity index (χ3n) is 1.27. The molecule has 0 radical (unpaired) electrons. The fourth-order valence-corrected chi connectivity index (χ4v) is 0.551. The maximum atomic E-state index is 3.66. The predicted octanol–water partition coefficient (Wildman–Crippen LogP) is 3.48. The molecule has 0 rings (SSSR count). The second-order valence-electron chi connectivity index (χ2n) is 2.33. The Kier molecular flexibility index (Phi) is 5.85. The summed E-state index contributed by atoms with van der Waals surface area (Å²) in [6.07, 6.45) is 10.6. The molecule has 0 aromatic rings. The van der Waals surface area contributed by atoms with Gasteiger partial charge in [-0.15, -0.1) is 0 Å². The largest absolute Gasteiger partial charge is 0.0988 e. The lowest BCUT2D eigenvalue weighted by Crippen LogP contribution is -1.63. The van der Waals surface area contributed by atoms with Crippen molar-refractivity contribution in [3.63, 3.8) is 0 Å². The second-order valence-corrected chi connectivity index (χ2v) is 2.33. The Morgan fingerprint density at radius 1 is 1.50 bits per heavy atom. The molecule has 0 N–H and O–H groups in total. The van der Waals surface area contributed by atoms with Gasteiger partial charge in [-0.2, -0.15) is 0 Å². The van der Waals surface area contributed by atoms with E-state index >= 15 is 0 Å². The van der Waals surface area contributed by atoms with Crippen LogP contribution in [-0.2, 0) is 0 Å². The molecule has 0 aliphatic carbocycles. The first-order valence-corrected chi connectivity index (χ1v) is 3.77. The normalized spacial score (nSPS) is 12.4. The van der Waals surface area contributed by atoms with Gasteiger partial charge >= 0.3 is 0 Å². The van der Waals surface area contributed by atoms with Gasteiger partial charge in [0, 0.05) is 0 Å². The molecular formula is C10H16. The Hall–Kier alpha value is -0.780. The summed E-state index contributed by atoms with van der Waals surface area (Å²) in [5, 5.41) is 0. The smallest absolute Gasteiger partial charge is 0.0350 e. The van der Waals surface area contributed by atoms with Gasteiger partial charge in [0.05, 0.1) is 0 Å². The van der Waals surface area contributed by atoms with Crippen LogP contribution in [0.2, 0.25) is 0 Å². The molecule has 0 aliphatic rings. The van der Waals surface area contributed by atoms with Gasteiger partial charge in [0.15, 0.2) is 0 Å². The average Bonchev–Trinajstić information content (AvgIpc) is 1.98. The van der Waals surface area contributed by atoms with Gasteiger partial charge in [0.25, 0.3) is 0 Å². The molecule has 0 aliphatic heterocycles. The first-order chi connectivity index (χ1) is 4.81. The zero-order valence-electron chi connectivity index (χ0n) is 6.93. The standard InChI is InChI=1S/C10H16/c1-4-6-7-8-9-10(3)5-2/h5,7-9H,2,4,6H2,1,3H3/b8-7+,10-9-. The molecule has 0 fully saturated rings. The van der Waals surface area contributed by atoms with Crippen LogP contribution in [0, 0.1) is 0 Å². The monoisotopic (exact) mass is 136 g/mol. The van der Waals surface area contributed by atoms with Crippen LogP contribution in [0.4, 0.5) is 0 Å². The third-order valence-corrected chi connectivity index (χ3v) is 1.27. The fourth-order valence-electron chi connectivity index (χ4n) is 0.551. The minimum atomic E-state index is 1.17. The highest BCUT2D eigenvalue weighted by Crippen LogP contribution is 1.94. The number of hydrogen-bond acceptors (Lipinski definition) is 0. The summed E-state index contributed by atoms with van der Waals surface area (Å²) in [6.45, 7) is 7.88. The summed E-state index contributed by atoms with van der Waals surface area (Å²) < 4.78 is 0. The van der Waals surface area contributed by atoms with Crippen LogP contribution in [0.15, 0.2) is 36.5 Å². The van der Waals surface area contributed by atoms with Gasteiger partial charge in [-0.3, -0.25) is 0 Å². The maximum absolute atomic E-state index is 3.66. The summed E-state index contributed by atoms with van der Waals surface area (Å²) in [6, 6.07) is 0. The molecular weight excluding hydrogens is 120 g/mol. The van der Waals surface area contributed by atoms with Crippen molar-refractivity contribution in [3.05, 3.63) is 36.5 Å². The molecule has 0 heteroatoms. The van der Waals surface area contributed by atoms with E-state index in [-0.39, 0.29) is 0 Å². The molecule has 56 valence electrons. The van der Waals surface area contributed by atoms with Crippen molar-refractivity contribution in [2.24, 2.45) is 0 Å². The number of unbranched alkanes of at least 4 members (excludes halogenated alkanes) is 1. The minimum absolute atomic E-state index is 1.17. The van der Waals surface area contributed by atoms with E-state index in [1.54, 1.807) is 0 Å². The maximum Gasteiger partial charge on any atom is -0.0350 e. The third kappa shape index (κ3) is 5.36. The predicted molar refractivity (Wildman–Crippen MR) is 48.0 cm³/mol. The molecule has 0 aromatic heterocycles. The zero-order chi connectivity index (χ0) is 7.82. The highest BCUT2D eigenvalue weighted by molar-refractivity contribution is 5.19. The van der Waals surface area contributed by atoms with Crippen molar-refractivity contribution >= 4 is 0 Å². The molecule has 10 heavy (non-hydrogen) atoms. The topological polar surface area (TPSA) is 0 Å². The molecule has 0 saturated carbocycles. The Morgan fingerprint density at radius 3 is 2.70 bits per heavy atom. The van der Waals surface area contributed by atoms with E-state index in [1.807, 2.05) is 13.0 Å². The molecule has 0 bridgehead atoms. The van der Waals surface area contributed by atoms with Crippen LogP contribution < -0.4 is 0 Å². The van der Waals surface area contributed by atoms with Gasteiger partial charge in [0.2, 0.25) is 0 Å². The average molecular weight is 136 g/mol. The zero-order valence-corrected chi connectivity index (χ0v) is 6.93. The van der Waals surface area contributed by atoms with Gasteiger partial charge < -0.3 is 0 Å². The van der Waals surface area contributed by atoms with Crippen molar-refractivity contribution in [2.45, 2.75) is 26.7 Å². The summed E-state index contributed by atoms with van der Waals surface area (Å²) in [7, 11) is 0. The molecule has 0 aromatic carbocycles. The summed E-state index contributed by atoms with van der Waals surface area (Å²) in [4.78, 5) is 0. The van der Waals surface area contributed by atoms with E-state index in [1.165, 1.54) is 18.4 Å². The number of hydrogen-bond donors (Lipinski definition) is 0. The van der Waals surface area contributed by atoms with Crippen LogP contribution in [0.25, 0.3) is 0 Å². The molecule has 0 unspecified atom stereocenters. The van der Waals surface area contributed by atoms with Crippen molar-refractivity contribution in [1.82, 2.24) is 0 Å². The molecule has 0 saturated heterocycles. The van der Waals surface area contributed by atoms with E-state index in [0.29, 0.717) is 0 Å². The van der Waals surface area contributed by atoms with Crippen molar-refractivity contribution in [1.29, 1.82) is 0 Å². The molecule has 0 nitrogen and oxygen atoms in total. The molecule has 0 spiro atoms. The van der Waals surface area contributed by atoms with Crippen LogP contribution in [0.5, 0.6) is 0 Å². The fraction of sp³-hybridized carbons (Fsp3) is 0.400. The first kappa shape index (κ1) is 9.22. The second kappa shape index (κ2) is 6.34. The molecule has 0 amide bonds. The Labute approximate surface area is 64.0 Å². The minimum Gasteiger partial charge on any atom is -0.0988 e. The lowest BCUT2D eigenvalue weighted by atomic mass is 10.2. The van der Waals surface area contributed by atoms with E-state index in [0.717, 1.165) is 0 Å². The van der Waals surface area contributed by atoms with E-state index in [2.05, 4.69) is 31.7 Å². The van der Waals surface area contributed by atoms with Crippen molar-refractivity contribution in [3.8, 4) is 0 Å². The summed E-state index contributed by atoms with van der Waals surface area (Å²) >= 11 is 0. The first-order valence-electron chi connectivity index (χ1n) is 3.77. The van der Waals surface area contributed by atoms with Crippen LogP contribution in [-0.4, -0.2) is 0 Å². The van der Waals surface area contributed by atoms with Crippen LogP contribution >= 0.6 is 0 Å². The highest BCUT2D eigenvalue weighted by atomic mass is 13.8. The lowest BCUT2D eigenvalue weighted by Gasteiger charge is -1.84. The Morgan fingerprint density at radius 2 is 2.20 bits per heavy atom. The summed E-state index contributed by atoms with van der Waals surface area (Å²) in [5.74, 6) is 0. The number of allylic oxidation sites excluding steroid dienone is 5. The quantitative estimate of drug-likeness (QED) is 0.519. The lowest BCUT2D eigenvalue weighted by molar-refractivity contribution is 0.959. The van der Waals surface area contributed by atoms with E-state index < -0.39 is 0 Å². The van der Waals surface area contributed by atoms with Crippen molar-refractivity contribution < 1.29 is 0 Å². The number of rotatable bonds is 4. The van der Waals surface area contributed by atoms with E-state index in [9.17, 15) is 0 Å². The highest BCUT2D eigenvalue weighted by Gasteiger charge is 1.73.